The molecule has 0 spiro atoms. The van der Waals surface area contributed by atoms with Crippen LogP contribution in [0.1, 0.15) is 5.56 Å². The Morgan fingerprint density at radius 3 is 2.51 bits per heavy atom. The first-order valence-electron chi connectivity index (χ1n) is 13.6. The summed E-state index contributed by atoms with van der Waals surface area (Å²) >= 11 is 2.72. The molecule has 6 aromatic rings. The van der Waals surface area contributed by atoms with E-state index in [9.17, 15) is 4.79 Å². The van der Waals surface area contributed by atoms with E-state index in [-0.39, 0.29) is 11.7 Å². The topological polar surface area (TPSA) is 94.8 Å². The molecule has 0 saturated heterocycles. The van der Waals surface area contributed by atoms with Gasteiger partial charge in [-0.3, -0.25) is 9.36 Å². The molecule has 0 atom stereocenters. The van der Waals surface area contributed by atoms with Crippen molar-refractivity contribution in [3.05, 3.63) is 102 Å². The summed E-state index contributed by atoms with van der Waals surface area (Å²) in [6.45, 7) is 6.47. The molecule has 0 aliphatic heterocycles. The summed E-state index contributed by atoms with van der Waals surface area (Å²) in [7, 11) is 1.65. The molecule has 3 aromatic heterocycles. The van der Waals surface area contributed by atoms with E-state index in [1.807, 2.05) is 95.7 Å². The number of allylic oxidation sites excluding steroid dienone is 1. The second kappa shape index (κ2) is 12.6. The molecule has 1 amide bonds. The molecule has 0 aliphatic rings. The van der Waals surface area contributed by atoms with Crippen LogP contribution in [-0.4, -0.2) is 43.5 Å². The van der Waals surface area contributed by atoms with Gasteiger partial charge in [-0.05, 0) is 43.3 Å². The summed E-state index contributed by atoms with van der Waals surface area (Å²) in [5.74, 6) is 1.45. The van der Waals surface area contributed by atoms with E-state index in [4.69, 9.17) is 9.72 Å². The first kappa shape index (κ1) is 28.3. The number of thiazole rings is 1. The van der Waals surface area contributed by atoms with Crippen molar-refractivity contribution in [2.24, 2.45) is 0 Å². The minimum atomic E-state index is -0.166. The van der Waals surface area contributed by atoms with Gasteiger partial charge in [0.2, 0.25) is 5.91 Å². The fourth-order valence-corrected chi connectivity index (χ4v) is 6.12. The summed E-state index contributed by atoms with van der Waals surface area (Å²) in [5, 5.41) is 16.0. The van der Waals surface area contributed by atoms with Crippen molar-refractivity contribution in [3.8, 4) is 39.7 Å². The van der Waals surface area contributed by atoms with Crippen LogP contribution in [0.25, 0.3) is 44.8 Å². The molecular formula is C33H28N6O2S2. The van der Waals surface area contributed by atoms with Crippen molar-refractivity contribution in [1.29, 1.82) is 0 Å². The van der Waals surface area contributed by atoms with Crippen molar-refractivity contribution in [3.63, 3.8) is 0 Å². The number of benzene rings is 3. The number of thioether (sulfide) groups is 1. The third-order valence-corrected chi connectivity index (χ3v) is 8.53. The van der Waals surface area contributed by atoms with Gasteiger partial charge in [-0.15, -0.1) is 28.1 Å². The van der Waals surface area contributed by atoms with E-state index in [1.165, 1.54) is 28.7 Å². The molecule has 0 bridgehead atoms. The monoisotopic (exact) mass is 604 g/mol. The van der Waals surface area contributed by atoms with Crippen LogP contribution in [0.15, 0.2) is 102 Å². The second-order valence-corrected chi connectivity index (χ2v) is 11.5. The number of aryl methyl sites for hydroxylation is 1. The Balaban J connectivity index is 1.24. The highest BCUT2D eigenvalue weighted by atomic mass is 32.2. The van der Waals surface area contributed by atoms with Crippen LogP contribution in [0.4, 0.5) is 5.13 Å². The van der Waals surface area contributed by atoms with Crippen molar-refractivity contribution in [2.45, 2.75) is 18.6 Å². The number of para-hydroxylation sites is 1. The van der Waals surface area contributed by atoms with E-state index >= 15 is 0 Å². The molecule has 0 fully saturated rings. The number of fused-ring (bicyclic) bond motifs is 1. The van der Waals surface area contributed by atoms with E-state index in [0.717, 1.165) is 44.7 Å². The van der Waals surface area contributed by atoms with Crippen LogP contribution in [0, 0.1) is 6.92 Å². The number of anilines is 1. The standard InChI is InChI=1S/C33H28N6O2S2/c1-4-17-39-31(26-18-28(22-13-15-24(41-3)16-14-22)34-27-8-6-5-7-25(26)27)37-38-33(39)43-20-30(40)36-32-35-29(19-42-32)23-11-9-21(2)10-12-23/h4-16,18-19H,1,17,20H2,2-3H3,(H,35,36,40). The summed E-state index contributed by atoms with van der Waals surface area (Å²) in [6.07, 6.45) is 1.80. The average molecular weight is 605 g/mol. The quantitative estimate of drug-likeness (QED) is 0.128. The number of hydrogen-bond donors (Lipinski definition) is 1. The number of pyridine rings is 1. The number of aromatic nitrogens is 5. The zero-order chi connectivity index (χ0) is 29.8. The van der Waals surface area contributed by atoms with Crippen LogP contribution >= 0.6 is 23.1 Å². The van der Waals surface area contributed by atoms with Crippen LogP contribution in [-0.2, 0) is 11.3 Å². The lowest BCUT2D eigenvalue weighted by Gasteiger charge is -2.12. The Morgan fingerprint density at radius 1 is 1.00 bits per heavy atom. The summed E-state index contributed by atoms with van der Waals surface area (Å²) < 4.78 is 7.30. The van der Waals surface area contributed by atoms with Gasteiger partial charge in [-0.2, -0.15) is 0 Å². The lowest BCUT2D eigenvalue weighted by Crippen LogP contribution is -2.14. The fourth-order valence-electron chi connectivity index (χ4n) is 4.63. The van der Waals surface area contributed by atoms with Crippen molar-refractivity contribution < 1.29 is 9.53 Å². The highest BCUT2D eigenvalue weighted by Gasteiger charge is 2.19. The van der Waals surface area contributed by atoms with Crippen molar-refractivity contribution in [2.75, 3.05) is 18.2 Å². The number of ether oxygens (including phenoxy) is 1. The van der Waals surface area contributed by atoms with Crippen LogP contribution in [0.3, 0.4) is 0 Å². The molecule has 1 N–H and O–H groups in total. The lowest BCUT2D eigenvalue weighted by molar-refractivity contribution is -0.113. The second-order valence-electron chi connectivity index (χ2n) is 9.75. The minimum Gasteiger partial charge on any atom is -0.497 e. The molecular weight excluding hydrogens is 577 g/mol. The number of hydrogen-bond acceptors (Lipinski definition) is 8. The summed E-state index contributed by atoms with van der Waals surface area (Å²) in [6, 6.07) is 26.0. The predicted molar refractivity (Wildman–Crippen MR) is 175 cm³/mol. The van der Waals surface area contributed by atoms with Crippen molar-refractivity contribution >= 4 is 45.0 Å². The highest BCUT2D eigenvalue weighted by molar-refractivity contribution is 7.99. The van der Waals surface area contributed by atoms with Crippen LogP contribution in [0.2, 0.25) is 0 Å². The smallest absolute Gasteiger partial charge is 0.236 e. The Hall–Kier alpha value is -4.80. The van der Waals surface area contributed by atoms with Gasteiger partial charge in [0.1, 0.15) is 5.75 Å². The zero-order valence-corrected chi connectivity index (χ0v) is 25.3. The molecule has 3 heterocycles. The molecule has 8 nitrogen and oxygen atoms in total. The number of carbonyl (C=O) groups excluding carboxylic acids is 1. The first-order chi connectivity index (χ1) is 21.0. The SMILES string of the molecule is C=CCn1c(SCC(=O)Nc2nc(-c3ccc(C)cc3)cs2)nnc1-c1cc(-c2ccc(OC)cc2)nc2ccccc12. The third-order valence-electron chi connectivity index (χ3n) is 6.80. The Kier molecular flexibility index (Phi) is 8.30. The van der Waals surface area contributed by atoms with E-state index in [1.54, 1.807) is 13.2 Å². The fraction of sp³-hybridized carbons (Fsp3) is 0.121. The van der Waals surface area contributed by atoms with Gasteiger partial charge < -0.3 is 10.1 Å². The third kappa shape index (κ3) is 6.20. The number of amides is 1. The number of nitrogens with zero attached hydrogens (tertiary/aromatic N) is 5. The maximum absolute atomic E-state index is 12.9. The largest absolute Gasteiger partial charge is 0.497 e. The van der Waals surface area contributed by atoms with E-state index < -0.39 is 0 Å². The highest BCUT2D eigenvalue weighted by Crippen LogP contribution is 2.34. The number of nitrogens with one attached hydrogen (secondary N) is 1. The average Bonchev–Trinajstić information content (AvgIpc) is 3.67. The van der Waals surface area contributed by atoms with Gasteiger partial charge >= 0.3 is 0 Å². The molecule has 0 saturated carbocycles. The molecule has 6 rings (SSSR count). The lowest BCUT2D eigenvalue weighted by atomic mass is 10.0. The normalized spacial score (nSPS) is 11.0. The first-order valence-corrected chi connectivity index (χ1v) is 15.4. The van der Waals surface area contributed by atoms with Gasteiger partial charge in [0.05, 0.1) is 29.8 Å². The maximum Gasteiger partial charge on any atom is 0.236 e. The molecule has 3 aromatic carbocycles. The van der Waals surface area contributed by atoms with Gasteiger partial charge in [0.15, 0.2) is 16.1 Å². The molecule has 0 unspecified atom stereocenters. The minimum absolute atomic E-state index is 0.156. The molecule has 10 heteroatoms. The van der Waals surface area contributed by atoms with E-state index in [2.05, 4.69) is 27.1 Å². The van der Waals surface area contributed by atoms with Crippen LogP contribution < -0.4 is 10.1 Å². The molecule has 0 radical (unpaired) electrons. The van der Waals surface area contributed by atoms with Gasteiger partial charge in [-0.25, -0.2) is 9.97 Å². The van der Waals surface area contributed by atoms with Gasteiger partial charge in [0.25, 0.3) is 0 Å². The number of rotatable bonds is 10. The summed E-state index contributed by atoms with van der Waals surface area (Å²) in [5.41, 5.74) is 6.55. The van der Waals surface area contributed by atoms with Gasteiger partial charge in [0, 0.05) is 34.0 Å². The Labute approximate surface area is 257 Å². The Morgan fingerprint density at radius 2 is 1.74 bits per heavy atom. The number of methoxy groups -OCH3 is 1. The molecule has 43 heavy (non-hydrogen) atoms. The van der Waals surface area contributed by atoms with Crippen LogP contribution in [0.5, 0.6) is 5.75 Å². The summed E-state index contributed by atoms with van der Waals surface area (Å²) in [4.78, 5) is 22.4. The molecule has 214 valence electrons. The Bertz CT molecular complexity index is 1910. The predicted octanol–water partition coefficient (Wildman–Crippen LogP) is 7.52. The zero-order valence-electron chi connectivity index (χ0n) is 23.7. The number of carbonyl (C=O) groups is 1. The van der Waals surface area contributed by atoms with Gasteiger partial charge in [-0.1, -0.05) is 65.9 Å². The maximum atomic E-state index is 12.9. The molecule has 0 aliphatic carbocycles. The van der Waals surface area contributed by atoms with E-state index in [0.29, 0.717) is 22.7 Å². The van der Waals surface area contributed by atoms with Crippen molar-refractivity contribution in [1.82, 2.24) is 24.7 Å².